The predicted molar refractivity (Wildman–Crippen MR) is 91.3 cm³/mol. The molecule has 2 fully saturated rings. The molecule has 1 aromatic carbocycles. The lowest BCUT2D eigenvalue weighted by atomic mass is 9.99. The highest BCUT2D eigenvalue weighted by atomic mass is 19.4. The topological polar surface area (TPSA) is 49.4 Å². The fraction of sp³-hybridized carbons (Fsp3) is 0.579. The molecule has 1 saturated heterocycles. The third kappa shape index (κ3) is 3.86. The van der Waals surface area contributed by atoms with Crippen molar-refractivity contribution in [3.63, 3.8) is 0 Å². The van der Waals surface area contributed by atoms with Gasteiger partial charge in [0.05, 0.1) is 23.1 Å². The van der Waals surface area contributed by atoms with Gasteiger partial charge in [0.2, 0.25) is 11.8 Å². The number of nitrogens with zero attached hydrogens (tertiary/aromatic N) is 1. The van der Waals surface area contributed by atoms with Crippen LogP contribution in [0.2, 0.25) is 0 Å². The lowest BCUT2D eigenvalue weighted by Gasteiger charge is -2.35. The van der Waals surface area contributed by atoms with E-state index in [-0.39, 0.29) is 17.6 Å². The maximum Gasteiger partial charge on any atom is 0.418 e. The molecule has 1 N–H and O–H groups in total. The van der Waals surface area contributed by atoms with Gasteiger partial charge in [0.1, 0.15) is 0 Å². The summed E-state index contributed by atoms with van der Waals surface area (Å²) in [6.45, 7) is 2.75. The third-order valence-electron chi connectivity index (χ3n) is 5.32. The Balaban J connectivity index is 1.64. The largest absolute Gasteiger partial charge is 0.418 e. The van der Waals surface area contributed by atoms with Gasteiger partial charge in [0.25, 0.3) is 0 Å². The van der Waals surface area contributed by atoms with Crippen molar-refractivity contribution < 1.29 is 22.8 Å². The first-order valence-electron chi connectivity index (χ1n) is 9.10. The summed E-state index contributed by atoms with van der Waals surface area (Å²) in [5.74, 6) is -1.48. The molecule has 4 nitrogen and oxygen atoms in total. The van der Waals surface area contributed by atoms with Gasteiger partial charge in [-0.25, -0.2) is 0 Å². The summed E-state index contributed by atoms with van der Waals surface area (Å²) in [6, 6.07) is 5.11. The fourth-order valence-electron chi connectivity index (χ4n) is 3.75. The van der Waals surface area contributed by atoms with E-state index in [2.05, 4.69) is 5.32 Å². The number of benzene rings is 1. The summed E-state index contributed by atoms with van der Waals surface area (Å²) in [5, 5.41) is 2.36. The van der Waals surface area contributed by atoms with Gasteiger partial charge in [0, 0.05) is 12.6 Å². The molecule has 3 atom stereocenters. The average Bonchev–Trinajstić information content (AvgIpc) is 3.41. The number of nitrogens with one attached hydrogen (secondary N) is 1. The Hall–Kier alpha value is -2.05. The van der Waals surface area contributed by atoms with Gasteiger partial charge >= 0.3 is 6.18 Å². The van der Waals surface area contributed by atoms with Gasteiger partial charge in [-0.3, -0.25) is 9.59 Å². The van der Waals surface area contributed by atoms with E-state index >= 15 is 0 Å². The molecule has 1 heterocycles. The van der Waals surface area contributed by atoms with E-state index in [9.17, 15) is 22.8 Å². The van der Waals surface area contributed by atoms with Crippen LogP contribution < -0.4 is 5.32 Å². The van der Waals surface area contributed by atoms with E-state index in [1.165, 1.54) is 18.2 Å². The molecule has 142 valence electrons. The molecule has 7 heteroatoms. The monoisotopic (exact) mass is 368 g/mol. The maximum absolute atomic E-state index is 13.0. The normalized spacial score (nSPS) is 25.7. The Morgan fingerprint density at radius 3 is 2.62 bits per heavy atom. The first kappa shape index (κ1) is 18.7. The lowest BCUT2D eigenvalue weighted by Crippen LogP contribution is -2.44. The second-order valence-corrected chi connectivity index (χ2v) is 7.07. The number of carbonyl (C=O) groups is 2. The standard InChI is InChI=1S/C19H23F3N2O2/c1-2-12-7-5-6-10-24(12)18(26)14-11-13(14)17(25)23-16-9-4-3-8-15(16)19(20,21)22/h3-4,8-9,12-14H,2,5-7,10-11H2,1H3,(H,23,25). The van der Waals surface area contributed by atoms with E-state index in [1.807, 2.05) is 11.8 Å². The van der Waals surface area contributed by atoms with Crippen molar-refractivity contribution >= 4 is 17.5 Å². The number of anilines is 1. The van der Waals surface area contributed by atoms with Crippen LogP contribution >= 0.6 is 0 Å². The molecule has 2 aliphatic rings. The number of piperidine rings is 1. The van der Waals surface area contributed by atoms with Crippen LogP contribution in [-0.4, -0.2) is 29.3 Å². The Morgan fingerprint density at radius 1 is 1.19 bits per heavy atom. The minimum absolute atomic E-state index is 0.0270. The third-order valence-corrected chi connectivity index (χ3v) is 5.32. The van der Waals surface area contributed by atoms with Gasteiger partial charge in [-0.05, 0) is 44.2 Å². The number of alkyl halides is 3. The number of rotatable bonds is 4. The number of para-hydroxylation sites is 1. The number of hydrogen-bond acceptors (Lipinski definition) is 2. The number of amides is 2. The van der Waals surface area contributed by atoms with Crippen LogP contribution in [0.4, 0.5) is 18.9 Å². The molecule has 0 spiro atoms. The second kappa shape index (κ2) is 7.29. The zero-order valence-electron chi connectivity index (χ0n) is 14.7. The molecule has 1 aliphatic carbocycles. The summed E-state index contributed by atoms with van der Waals surface area (Å²) >= 11 is 0. The van der Waals surface area contributed by atoms with Crippen LogP contribution in [-0.2, 0) is 15.8 Å². The lowest BCUT2D eigenvalue weighted by molar-refractivity contribution is -0.138. The molecule has 3 unspecified atom stereocenters. The smallest absolute Gasteiger partial charge is 0.339 e. The highest BCUT2D eigenvalue weighted by Crippen LogP contribution is 2.43. The van der Waals surface area contributed by atoms with E-state index in [0.717, 1.165) is 31.7 Å². The van der Waals surface area contributed by atoms with E-state index < -0.39 is 29.5 Å². The Bertz CT molecular complexity index is 690. The minimum Gasteiger partial charge on any atom is -0.339 e. The van der Waals surface area contributed by atoms with Crippen LogP contribution in [0.25, 0.3) is 0 Å². The van der Waals surface area contributed by atoms with Crippen molar-refractivity contribution in [1.29, 1.82) is 0 Å². The molecule has 1 aromatic rings. The second-order valence-electron chi connectivity index (χ2n) is 7.07. The molecular formula is C19H23F3N2O2. The average molecular weight is 368 g/mol. The summed E-state index contributed by atoms with van der Waals surface area (Å²) in [6.07, 6.45) is -0.203. The minimum atomic E-state index is -4.54. The van der Waals surface area contributed by atoms with Crippen molar-refractivity contribution in [3.8, 4) is 0 Å². The fourth-order valence-corrected chi connectivity index (χ4v) is 3.75. The van der Waals surface area contributed by atoms with Crippen LogP contribution in [0.1, 0.15) is 44.6 Å². The van der Waals surface area contributed by atoms with Gasteiger partial charge in [-0.2, -0.15) is 13.2 Å². The zero-order chi connectivity index (χ0) is 18.9. The molecule has 3 rings (SSSR count). The SMILES string of the molecule is CCC1CCCCN1C(=O)C1CC1C(=O)Nc1ccccc1C(F)(F)F. The van der Waals surface area contributed by atoms with E-state index in [0.29, 0.717) is 13.0 Å². The summed E-state index contributed by atoms with van der Waals surface area (Å²) < 4.78 is 39.1. The molecule has 1 saturated carbocycles. The van der Waals surface area contributed by atoms with Gasteiger partial charge in [-0.15, -0.1) is 0 Å². The zero-order valence-corrected chi connectivity index (χ0v) is 14.7. The molecule has 26 heavy (non-hydrogen) atoms. The van der Waals surface area contributed by atoms with Crippen molar-refractivity contribution in [3.05, 3.63) is 29.8 Å². The molecule has 0 bridgehead atoms. The van der Waals surface area contributed by atoms with E-state index in [1.54, 1.807) is 0 Å². The van der Waals surface area contributed by atoms with Crippen molar-refractivity contribution in [2.24, 2.45) is 11.8 Å². The van der Waals surface area contributed by atoms with Crippen molar-refractivity contribution in [1.82, 2.24) is 4.90 Å². The maximum atomic E-state index is 13.0. The van der Waals surface area contributed by atoms with E-state index in [4.69, 9.17) is 0 Å². The van der Waals surface area contributed by atoms with Crippen LogP contribution in [0.3, 0.4) is 0 Å². The summed E-state index contributed by atoms with van der Waals surface area (Å²) in [4.78, 5) is 26.9. The number of likely N-dealkylation sites (tertiary alicyclic amines) is 1. The summed E-state index contributed by atoms with van der Waals surface area (Å²) in [7, 11) is 0. The molecular weight excluding hydrogens is 345 g/mol. The van der Waals surface area contributed by atoms with Crippen LogP contribution in [0, 0.1) is 11.8 Å². The summed E-state index contributed by atoms with van der Waals surface area (Å²) in [5.41, 5.74) is -1.13. The first-order valence-corrected chi connectivity index (χ1v) is 9.10. The van der Waals surface area contributed by atoms with Gasteiger partial charge < -0.3 is 10.2 Å². The Labute approximate surface area is 150 Å². The molecule has 0 aromatic heterocycles. The number of halogens is 3. The number of carbonyl (C=O) groups excluding carboxylic acids is 2. The highest BCUT2D eigenvalue weighted by molar-refractivity contribution is 6.00. The van der Waals surface area contributed by atoms with Crippen LogP contribution in [0.5, 0.6) is 0 Å². The molecule has 2 amide bonds. The number of hydrogen-bond donors (Lipinski definition) is 1. The highest BCUT2D eigenvalue weighted by Gasteiger charge is 2.50. The molecule has 0 radical (unpaired) electrons. The Kier molecular flexibility index (Phi) is 5.25. The van der Waals surface area contributed by atoms with Crippen molar-refractivity contribution in [2.75, 3.05) is 11.9 Å². The van der Waals surface area contributed by atoms with Crippen LogP contribution in [0.15, 0.2) is 24.3 Å². The molecule has 1 aliphatic heterocycles. The quantitative estimate of drug-likeness (QED) is 0.871. The van der Waals surface area contributed by atoms with Gasteiger partial charge in [0.15, 0.2) is 0 Å². The Morgan fingerprint density at radius 2 is 1.92 bits per heavy atom. The van der Waals surface area contributed by atoms with Gasteiger partial charge in [-0.1, -0.05) is 19.1 Å². The van der Waals surface area contributed by atoms with Crippen molar-refractivity contribution in [2.45, 2.75) is 51.2 Å². The first-order chi connectivity index (χ1) is 12.3. The predicted octanol–water partition coefficient (Wildman–Crippen LogP) is 4.07.